The van der Waals surface area contributed by atoms with Gasteiger partial charge in [-0.1, -0.05) is 35.3 Å². The Morgan fingerprint density at radius 2 is 1.86 bits per heavy atom. The van der Waals surface area contributed by atoms with E-state index in [1.807, 2.05) is 0 Å². The van der Waals surface area contributed by atoms with Crippen LogP contribution in [0, 0.1) is 11.7 Å². The Balaban J connectivity index is 1.54. The van der Waals surface area contributed by atoms with Crippen molar-refractivity contribution < 1.29 is 23.5 Å². The summed E-state index contributed by atoms with van der Waals surface area (Å²) < 4.78 is 18.9. The monoisotopic (exact) mass is 424 g/mol. The highest BCUT2D eigenvalue weighted by atomic mass is 35.5. The fourth-order valence-electron chi connectivity index (χ4n) is 2.85. The van der Waals surface area contributed by atoms with Crippen LogP contribution in [0.15, 0.2) is 42.5 Å². The summed E-state index contributed by atoms with van der Waals surface area (Å²) in [5.41, 5.74) is 0.471. The lowest BCUT2D eigenvalue weighted by Gasteiger charge is -2.17. The van der Waals surface area contributed by atoms with Gasteiger partial charge in [0, 0.05) is 28.7 Å². The van der Waals surface area contributed by atoms with Gasteiger partial charge in [0.05, 0.1) is 11.6 Å². The van der Waals surface area contributed by atoms with Crippen molar-refractivity contribution in [3.63, 3.8) is 0 Å². The van der Waals surface area contributed by atoms with E-state index in [1.165, 1.54) is 41.3 Å². The number of para-hydroxylation sites is 1. The minimum atomic E-state index is -0.777. The number of amides is 2. The topological polar surface area (TPSA) is 75.7 Å². The van der Waals surface area contributed by atoms with Crippen molar-refractivity contribution in [1.82, 2.24) is 0 Å². The minimum Gasteiger partial charge on any atom is -0.455 e. The van der Waals surface area contributed by atoms with E-state index in [1.54, 1.807) is 6.07 Å². The van der Waals surface area contributed by atoms with Gasteiger partial charge in [0.25, 0.3) is 5.91 Å². The fourth-order valence-corrected chi connectivity index (χ4v) is 3.37. The molecule has 146 valence electrons. The number of anilines is 2. The van der Waals surface area contributed by atoms with E-state index in [9.17, 15) is 18.8 Å². The summed E-state index contributed by atoms with van der Waals surface area (Å²) in [6.07, 6.45) is -0.112. The molecule has 1 aliphatic rings. The minimum absolute atomic E-state index is 0.00980. The maximum absolute atomic E-state index is 13.9. The van der Waals surface area contributed by atoms with E-state index in [0.717, 1.165) is 0 Å². The number of carbonyl (C=O) groups excluding carboxylic acids is 3. The van der Waals surface area contributed by atoms with Crippen LogP contribution in [0.25, 0.3) is 0 Å². The van der Waals surface area contributed by atoms with E-state index >= 15 is 0 Å². The molecule has 1 heterocycles. The molecule has 9 heteroatoms. The average Bonchev–Trinajstić information content (AvgIpc) is 3.01. The second kappa shape index (κ2) is 8.58. The third-order valence-electron chi connectivity index (χ3n) is 4.09. The summed E-state index contributed by atoms with van der Waals surface area (Å²) >= 11 is 11.7. The maximum Gasteiger partial charge on any atom is 0.311 e. The zero-order valence-electron chi connectivity index (χ0n) is 14.5. The van der Waals surface area contributed by atoms with Crippen molar-refractivity contribution in [3.8, 4) is 0 Å². The van der Waals surface area contributed by atoms with Crippen molar-refractivity contribution in [2.24, 2.45) is 5.92 Å². The number of hydrogen-bond donors (Lipinski definition) is 1. The number of esters is 1. The lowest BCUT2D eigenvalue weighted by Crippen LogP contribution is -2.28. The highest BCUT2D eigenvalue weighted by molar-refractivity contribution is 6.35. The molecule has 1 atom stereocenters. The van der Waals surface area contributed by atoms with Gasteiger partial charge < -0.3 is 15.0 Å². The molecule has 0 spiro atoms. The van der Waals surface area contributed by atoms with Crippen LogP contribution in [0.2, 0.25) is 10.0 Å². The normalized spacial score (nSPS) is 16.2. The molecule has 0 saturated carbocycles. The molecule has 2 amide bonds. The smallest absolute Gasteiger partial charge is 0.311 e. The second-order valence-corrected chi connectivity index (χ2v) is 7.04. The fraction of sp³-hybridized carbons (Fsp3) is 0.211. The number of halogens is 3. The first kappa shape index (κ1) is 20.1. The first-order chi connectivity index (χ1) is 13.3. The molecule has 1 saturated heterocycles. The number of carbonyl (C=O) groups is 3. The number of benzene rings is 2. The standard InChI is InChI=1S/C19H15Cl2FN2O4/c20-12-6-13(21)8-14(7-12)23-17(25)10-28-19(27)11-5-18(26)24(9-11)16-4-2-1-3-15(16)22/h1-4,6-8,11H,5,9-10H2,(H,23,25)/t11-/m0/s1. The number of nitrogens with one attached hydrogen (secondary N) is 1. The summed E-state index contributed by atoms with van der Waals surface area (Å²) in [5, 5.41) is 3.20. The molecular formula is C19H15Cl2FN2O4. The molecule has 1 N–H and O–H groups in total. The van der Waals surface area contributed by atoms with Crippen molar-refractivity contribution >= 4 is 52.4 Å². The molecule has 28 heavy (non-hydrogen) atoms. The Bertz CT molecular complexity index is 918. The predicted octanol–water partition coefficient (Wildman–Crippen LogP) is 3.67. The summed E-state index contributed by atoms with van der Waals surface area (Å²) in [6, 6.07) is 10.3. The molecule has 6 nitrogen and oxygen atoms in total. The SMILES string of the molecule is O=C(COC(=O)[C@H]1CC(=O)N(c2ccccc2F)C1)Nc1cc(Cl)cc(Cl)c1. The second-order valence-electron chi connectivity index (χ2n) is 6.17. The molecule has 1 aliphatic heterocycles. The average molecular weight is 425 g/mol. The van der Waals surface area contributed by atoms with Crippen LogP contribution in [0.1, 0.15) is 6.42 Å². The van der Waals surface area contributed by atoms with Crippen molar-refractivity contribution in [2.45, 2.75) is 6.42 Å². The summed E-state index contributed by atoms with van der Waals surface area (Å²) in [5.74, 6) is -3.00. The van der Waals surface area contributed by atoms with Gasteiger partial charge in [-0.15, -0.1) is 0 Å². The summed E-state index contributed by atoms with van der Waals surface area (Å²) in [4.78, 5) is 37.5. The molecule has 0 bridgehead atoms. The van der Waals surface area contributed by atoms with Gasteiger partial charge in [0.2, 0.25) is 5.91 Å². The highest BCUT2D eigenvalue weighted by Crippen LogP contribution is 2.28. The van der Waals surface area contributed by atoms with Crippen LogP contribution < -0.4 is 10.2 Å². The lowest BCUT2D eigenvalue weighted by molar-refractivity contribution is -0.151. The molecule has 2 aromatic carbocycles. The van der Waals surface area contributed by atoms with Crippen LogP contribution in [0.3, 0.4) is 0 Å². The summed E-state index contributed by atoms with van der Waals surface area (Å²) in [7, 11) is 0. The molecule has 0 unspecified atom stereocenters. The van der Waals surface area contributed by atoms with Crippen LogP contribution >= 0.6 is 23.2 Å². The van der Waals surface area contributed by atoms with Gasteiger partial charge in [-0.3, -0.25) is 14.4 Å². The predicted molar refractivity (Wildman–Crippen MR) is 103 cm³/mol. The van der Waals surface area contributed by atoms with Crippen LogP contribution in [0.5, 0.6) is 0 Å². The van der Waals surface area contributed by atoms with Gasteiger partial charge in [-0.25, -0.2) is 4.39 Å². The van der Waals surface area contributed by atoms with Gasteiger partial charge >= 0.3 is 5.97 Å². The van der Waals surface area contributed by atoms with E-state index < -0.39 is 30.2 Å². The van der Waals surface area contributed by atoms with E-state index in [0.29, 0.717) is 15.7 Å². The Morgan fingerprint density at radius 3 is 2.54 bits per heavy atom. The quantitative estimate of drug-likeness (QED) is 0.742. The highest BCUT2D eigenvalue weighted by Gasteiger charge is 2.37. The molecule has 3 rings (SSSR count). The Kier molecular flexibility index (Phi) is 6.16. The van der Waals surface area contributed by atoms with Gasteiger partial charge in [-0.05, 0) is 30.3 Å². The third kappa shape index (κ3) is 4.79. The molecular weight excluding hydrogens is 410 g/mol. The zero-order valence-corrected chi connectivity index (χ0v) is 16.0. The van der Waals surface area contributed by atoms with Gasteiger partial charge in [-0.2, -0.15) is 0 Å². The first-order valence-electron chi connectivity index (χ1n) is 8.31. The number of hydrogen-bond acceptors (Lipinski definition) is 4. The van der Waals surface area contributed by atoms with E-state index in [2.05, 4.69) is 5.32 Å². The maximum atomic E-state index is 13.9. The van der Waals surface area contributed by atoms with Crippen LogP contribution in [-0.4, -0.2) is 30.9 Å². The van der Waals surface area contributed by atoms with Crippen molar-refractivity contribution in [3.05, 3.63) is 58.3 Å². The molecule has 0 aromatic heterocycles. The molecule has 1 fully saturated rings. The first-order valence-corrected chi connectivity index (χ1v) is 9.06. The van der Waals surface area contributed by atoms with Crippen LogP contribution in [-0.2, 0) is 19.1 Å². The number of rotatable bonds is 5. The lowest BCUT2D eigenvalue weighted by atomic mass is 10.1. The Labute approximate surface area is 170 Å². The van der Waals surface area contributed by atoms with E-state index in [-0.39, 0.29) is 24.6 Å². The largest absolute Gasteiger partial charge is 0.455 e. The third-order valence-corrected chi connectivity index (χ3v) is 4.53. The molecule has 0 aliphatic carbocycles. The van der Waals surface area contributed by atoms with E-state index in [4.69, 9.17) is 27.9 Å². The molecule has 2 aromatic rings. The van der Waals surface area contributed by atoms with Gasteiger partial charge in [0.15, 0.2) is 6.61 Å². The van der Waals surface area contributed by atoms with Crippen molar-refractivity contribution in [1.29, 1.82) is 0 Å². The van der Waals surface area contributed by atoms with Crippen LogP contribution in [0.4, 0.5) is 15.8 Å². The van der Waals surface area contributed by atoms with Gasteiger partial charge in [0.1, 0.15) is 5.82 Å². The number of ether oxygens (including phenoxy) is 1. The zero-order chi connectivity index (χ0) is 20.3. The Hall–Kier alpha value is -2.64. The Morgan fingerprint density at radius 1 is 1.18 bits per heavy atom. The van der Waals surface area contributed by atoms with Crippen molar-refractivity contribution in [2.75, 3.05) is 23.4 Å². The molecule has 0 radical (unpaired) electrons. The number of nitrogens with zero attached hydrogens (tertiary/aromatic N) is 1. The summed E-state index contributed by atoms with van der Waals surface area (Å²) in [6.45, 7) is -0.544.